The van der Waals surface area contributed by atoms with Crippen LogP contribution in [0.4, 0.5) is 0 Å². The molecule has 0 atom stereocenters. The van der Waals surface area contributed by atoms with Crippen LogP contribution in [0.1, 0.15) is 44.5 Å². The molecule has 0 saturated heterocycles. The first kappa shape index (κ1) is 76.8. The molecule has 0 heterocycles. The molecule has 0 fully saturated rings. The summed E-state index contributed by atoms with van der Waals surface area (Å²) in [6.45, 7) is 60.9. The second kappa shape index (κ2) is 33.9. The van der Waals surface area contributed by atoms with Crippen LogP contribution in [-0.4, -0.2) is 114 Å². The van der Waals surface area contributed by atoms with Gasteiger partial charge in [0.25, 0.3) is 0 Å². The van der Waals surface area contributed by atoms with Gasteiger partial charge in [-0.05, 0) is 30.2 Å². The van der Waals surface area contributed by atoms with E-state index in [0.717, 1.165) is 0 Å². The van der Waals surface area contributed by atoms with Crippen LogP contribution in [0.25, 0.3) is 0 Å². The third-order valence-corrected chi connectivity index (χ3v) is 23.9. The molecular formula is C48H102O8Si6Y2-6. The molecule has 2 rings (SSSR count). The number of rotatable bonds is 14. The SMILES string of the molecule is C=CC[Si](C)(C)[c-]1[c-](C)[c-](C)[c-](C)[c-]1C.C=CC[Si](C)(C)[c-]1c(C)c(C)c(C)c1C.C[Si](C)(C)CC(O)O.C[Si](C)(C)CC(O)O.C[Si](C)(C)CC(O)O.C[Si](C)(C)CC(O)O.[Y].[Y]. The Hall–Kier alpha value is 1.37. The van der Waals surface area contributed by atoms with Gasteiger partial charge in [0.2, 0.25) is 0 Å². The number of allylic oxidation sites excluding steroid dienone is 2. The predicted molar refractivity (Wildman–Crippen MR) is 292 cm³/mol. The van der Waals surface area contributed by atoms with Crippen molar-refractivity contribution in [2.24, 2.45) is 0 Å². The van der Waals surface area contributed by atoms with E-state index in [4.69, 9.17) is 40.9 Å². The molecule has 2 aromatic rings. The van der Waals surface area contributed by atoms with Gasteiger partial charge >= 0.3 is 0 Å². The Morgan fingerprint density at radius 1 is 0.406 bits per heavy atom. The topological polar surface area (TPSA) is 162 Å². The monoisotopic (exact) mass is 1150 g/mol. The summed E-state index contributed by atoms with van der Waals surface area (Å²) in [5.41, 5.74) is 12.1. The first-order chi connectivity index (χ1) is 27.3. The van der Waals surface area contributed by atoms with Crippen molar-refractivity contribution in [2.75, 3.05) is 0 Å². The molecule has 0 spiro atoms. The molecule has 0 unspecified atom stereocenters. The van der Waals surface area contributed by atoms with E-state index >= 15 is 0 Å². The maximum absolute atomic E-state index is 8.48. The molecule has 378 valence electrons. The van der Waals surface area contributed by atoms with Crippen molar-refractivity contribution in [1.29, 1.82) is 0 Å². The molecule has 8 nitrogen and oxygen atoms in total. The fourth-order valence-electron chi connectivity index (χ4n) is 7.58. The average Bonchev–Trinajstić information content (AvgIpc) is 3.31. The van der Waals surface area contributed by atoms with Gasteiger partial charge in [0.15, 0.2) is 0 Å². The molecule has 64 heavy (non-hydrogen) atoms. The Bertz CT molecular complexity index is 1370. The van der Waals surface area contributed by atoms with Crippen molar-refractivity contribution in [3.63, 3.8) is 0 Å². The molecule has 16 heteroatoms. The number of aliphatic hydroxyl groups excluding tert-OH is 4. The Kier molecular flexibility index (Phi) is 40.7. The smallest absolute Gasteiger partial charge is 0.149 e. The fraction of sp³-hybridized carbons (Fsp3) is 0.708. The van der Waals surface area contributed by atoms with Gasteiger partial charge in [-0.15, -0.1) is 21.2 Å². The molecule has 0 aromatic heterocycles. The largest absolute Gasteiger partial charge is 0.732 e. The van der Waals surface area contributed by atoms with Crippen LogP contribution >= 0.6 is 0 Å². The van der Waals surface area contributed by atoms with Gasteiger partial charge in [-0.1, -0.05) is 151 Å². The minimum atomic E-state index is -1.30. The van der Waals surface area contributed by atoms with Crippen LogP contribution in [0.15, 0.2) is 25.3 Å². The molecule has 8 N–H and O–H groups in total. The Labute approximate surface area is 451 Å². The molecule has 0 bridgehead atoms. The van der Waals surface area contributed by atoms with E-state index in [2.05, 4.69) is 185 Å². The van der Waals surface area contributed by atoms with Gasteiger partial charge < -0.3 is 68.3 Å². The van der Waals surface area contributed by atoms with Crippen LogP contribution in [-0.2, 0) is 65.4 Å². The number of aliphatic hydroxyl groups is 8. The summed E-state index contributed by atoms with van der Waals surface area (Å²) < 4.78 is 0. The first-order valence-electron chi connectivity index (χ1n) is 22.5. The summed E-state index contributed by atoms with van der Waals surface area (Å²) >= 11 is 0. The van der Waals surface area contributed by atoms with Gasteiger partial charge in [-0.2, -0.15) is 27.4 Å². The predicted octanol–water partition coefficient (Wildman–Crippen LogP) is 10.0. The van der Waals surface area contributed by atoms with E-state index in [1.807, 2.05) is 0 Å². The summed E-state index contributed by atoms with van der Waals surface area (Å²) in [6, 6.07) is 4.66. The van der Waals surface area contributed by atoms with Crippen LogP contribution in [0.5, 0.6) is 0 Å². The van der Waals surface area contributed by atoms with Crippen molar-refractivity contribution in [2.45, 2.75) is 222 Å². The fourth-order valence-corrected chi connectivity index (χ4v) is 18.6. The van der Waals surface area contributed by atoms with Crippen molar-refractivity contribution in [3.05, 3.63) is 69.8 Å². The van der Waals surface area contributed by atoms with E-state index < -0.39 is 73.6 Å². The Morgan fingerprint density at radius 3 is 0.766 bits per heavy atom. The zero-order valence-electron chi connectivity index (χ0n) is 45.9. The Balaban J connectivity index is -0.000000161. The van der Waals surface area contributed by atoms with E-state index in [9.17, 15) is 0 Å². The first-order valence-corrected chi connectivity index (χ1v) is 43.7. The quantitative estimate of drug-likeness (QED) is 0.0402. The molecular weight excluding hydrogens is 1050 g/mol. The minimum absolute atomic E-state index is 0. The Morgan fingerprint density at radius 2 is 0.609 bits per heavy atom. The summed E-state index contributed by atoms with van der Waals surface area (Å²) in [5.74, 6) is 0. The zero-order valence-corrected chi connectivity index (χ0v) is 57.5. The maximum atomic E-state index is 8.48. The van der Waals surface area contributed by atoms with Gasteiger partial charge in [-0.3, -0.25) is 0 Å². The van der Waals surface area contributed by atoms with Gasteiger partial charge in [-0.25, -0.2) is 27.7 Å². The van der Waals surface area contributed by atoms with Gasteiger partial charge in [0, 0.05) is 106 Å². The van der Waals surface area contributed by atoms with E-state index in [1.165, 1.54) is 56.6 Å². The van der Waals surface area contributed by atoms with Gasteiger partial charge in [0.1, 0.15) is 25.2 Å². The van der Waals surface area contributed by atoms with Crippen molar-refractivity contribution in [3.8, 4) is 0 Å². The van der Waals surface area contributed by atoms with Crippen LogP contribution < -0.4 is 10.4 Å². The van der Waals surface area contributed by atoms with E-state index in [0.29, 0.717) is 24.2 Å². The average molecular weight is 1150 g/mol. The molecule has 2 aromatic carbocycles. The summed E-state index contributed by atoms with van der Waals surface area (Å²) in [6.07, 6.45) is -0.211. The molecule has 0 saturated carbocycles. The normalized spacial score (nSPS) is 11.9. The molecule has 2 radical (unpaired) electrons. The third kappa shape index (κ3) is 37.2. The minimum Gasteiger partial charge on any atom is -0.732 e. The number of hydrogen-bond acceptors (Lipinski definition) is 8. The van der Waals surface area contributed by atoms with E-state index in [1.54, 1.807) is 10.4 Å². The molecule has 0 amide bonds. The number of hydrogen-bond donors (Lipinski definition) is 8. The molecule has 0 aliphatic heterocycles. The van der Waals surface area contributed by atoms with Crippen LogP contribution in [0.3, 0.4) is 0 Å². The van der Waals surface area contributed by atoms with Crippen molar-refractivity contribution in [1.82, 2.24) is 0 Å². The molecule has 0 aliphatic carbocycles. The van der Waals surface area contributed by atoms with Crippen molar-refractivity contribution >= 4 is 58.8 Å². The zero-order chi connectivity index (χ0) is 50.7. The van der Waals surface area contributed by atoms with E-state index in [-0.39, 0.29) is 65.4 Å². The van der Waals surface area contributed by atoms with Crippen LogP contribution in [0.2, 0.25) is 141 Å². The summed E-state index contributed by atoms with van der Waals surface area (Å²) in [7, 11) is -7.48. The maximum Gasteiger partial charge on any atom is 0.149 e. The van der Waals surface area contributed by atoms with Crippen LogP contribution in [0, 0.1) is 55.4 Å². The summed E-state index contributed by atoms with van der Waals surface area (Å²) in [4.78, 5) is 0. The summed E-state index contributed by atoms with van der Waals surface area (Å²) in [5, 5.41) is 71.2. The standard InChI is InChI=1S/2C14H23Si.4C5H14O2Si.2Y/c2*1-8-9-15(6,7)14-12(4)10(2)11(3)13(14)5;4*1-8(2,3)4-5(6)7;;/h2*8H,1,9H2,2-7H3;4*5-7H,4H2,1-3H3;;/q-5;-1;;;;;;. The third-order valence-electron chi connectivity index (χ3n) is 10.7. The van der Waals surface area contributed by atoms with Gasteiger partial charge in [0.05, 0.1) is 0 Å². The van der Waals surface area contributed by atoms with Crippen molar-refractivity contribution < 1.29 is 106 Å². The second-order valence-electron chi connectivity index (χ2n) is 23.5. The second-order valence-corrected chi connectivity index (χ2v) is 55.0. The molecule has 0 aliphatic rings.